The number of nitrogens with one attached hydrogen (secondary N) is 1. The number of rotatable bonds is 4. The molecular weight excluding hydrogens is 236 g/mol. The van der Waals surface area contributed by atoms with Gasteiger partial charge < -0.3 is 5.32 Å². The Morgan fingerprint density at radius 1 is 1.26 bits per heavy atom. The molecule has 0 unspecified atom stereocenters. The van der Waals surface area contributed by atoms with Crippen molar-refractivity contribution in [2.45, 2.75) is 33.6 Å². The molecular formula is C15H20N4. The van der Waals surface area contributed by atoms with Gasteiger partial charge in [-0.15, -0.1) is 0 Å². The van der Waals surface area contributed by atoms with Crippen molar-refractivity contribution in [2.75, 3.05) is 11.9 Å². The lowest BCUT2D eigenvalue weighted by molar-refractivity contribution is 0.831. The molecule has 4 heteroatoms. The standard InChI is InChI=1S/C15H20N4/c1-5-17-15-13(10(2)3)11(4)18-14(19-15)12-7-6-8-16-9-12/h6-10H,5H2,1-4H3,(H,17,18,19). The average Bonchev–Trinajstić information content (AvgIpc) is 2.39. The van der Waals surface area contributed by atoms with Gasteiger partial charge in [-0.3, -0.25) is 4.98 Å². The Labute approximate surface area is 114 Å². The number of aryl methyl sites for hydroxylation is 1. The Morgan fingerprint density at radius 2 is 2.05 bits per heavy atom. The maximum absolute atomic E-state index is 4.65. The Balaban J connectivity index is 2.54. The zero-order chi connectivity index (χ0) is 13.8. The number of nitrogens with zero attached hydrogens (tertiary/aromatic N) is 3. The summed E-state index contributed by atoms with van der Waals surface area (Å²) < 4.78 is 0. The summed E-state index contributed by atoms with van der Waals surface area (Å²) in [7, 11) is 0. The van der Waals surface area contributed by atoms with Crippen LogP contribution in [0.1, 0.15) is 37.9 Å². The van der Waals surface area contributed by atoms with Crippen LogP contribution >= 0.6 is 0 Å². The molecule has 0 amide bonds. The number of aromatic nitrogens is 3. The maximum Gasteiger partial charge on any atom is 0.163 e. The number of pyridine rings is 1. The van der Waals surface area contributed by atoms with E-state index in [0.717, 1.165) is 29.4 Å². The minimum absolute atomic E-state index is 0.400. The predicted octanol–water partition coefficient (Wildman–Crippen LogP) is 3.40. The number of hydrogen-bond acceptors (Lipinski definition) is 4. The van der Waals surface area contributed by atoms with Crippen LogP contribution < -0.4 is 5.32 Å². The summed E-state index contributed by atoms with van der Waals surface area (Å²) in [6.07, 6.45) is 3.55. The fourth-order valence-electron chi connectivity index (χ4n) is 2.20. The van der Waals surface area contributed by atoms with E-state index < -0.39 is 0 Å². The summed E-state index contributed by atoms with van der Waals surface area (Å²) in [6, 6.07) is 3.88. The Hall–Kier alpha value is -1.97. The molecule has 0 saturated heterocycles. The minimum Gasteiger partial charge on any atom is -0.370 e. The van der Waals surface area contributed by atoms with Crippen molar-refractivity contribution in [1.29, 1.82) is 0 Å². The lowest BCUT2D eigenvalue weighted by Crippen LogP contribution is -2.09. The van der Waals surface area contributed by atoms with Gasteiger partial charge in [-0.2, -0.15) is 0 Å². The van der Waals surface area contributed by atoms with E-state index >= 15 is 0 Å². The van der Waals surface area contributed by atoms with Crippen LogP contribution in [0.5, 0.6) is 0 Å². The van der Waals surface area contributed by atoms with E-state index in [1.165, 1.54) is 5.56 Å². The van der Waals surface area contributed by atoms with Crippen LogP contribution in [0, 0.1) is 6.92 Å². The van der Waals surface area contributed by atoms with Gasteiger partial charge in [0.05, 0.1) is 0 Å². The molecule has 19 heavy (non-hydrogen) atoms. The Kier molecular flexibility index (Phi) is 4.10. The highest BCUT2D eigenvalue weighted by atomic mass is 15.0. The van der Waals surface area contributed by atoms with Crippen LogP contribution in [0.2, 0.25) is 0 Å². The molecule has 0 aliphatic heterocycles. The first kappa shape index (κ1) is 13.5. The van der Waals surface area contributed by atoms with E-state index in [-0.39, 0.29) is 0 Å². The summed E-state index contributed by atoms with van der Waals surface area (Å²) in [5, 5.41) is 3.34. The SMILES string of the molecule is CCNc1nc(-c2cccnc2)nc(C)c1C(C)C. The van der Waals surface area contributed by atoms with Crippen molar-refractivity contribution in [1.82, 2.24) is 15.0 Å². The van der Waals surface area contributed by atoms with Crippen LogP contribution in [-0.2, 0) is 0 Å². The Bertz CT molecular complexity index is 550. The molecule has 0 bridgehead atoms. The molecule has 2 rings (SSSR count). The summed E-state index contributed by atoms with van der Waals surface area (Å²) in [5.41, 5.74) is 3.16. The summed E-state index contributed by atoms with van der Waals surface area (Å²) in [4.78, 5) is 13.4. The van der Waals surface area contributed by atoms with Gasteiger partial charge >= 0.3 is 0 Å². The van der Waals surface area contributed by atoms with Crippen LogP contribution in [0.4, 0.5) is 5.82 Å². The molecule has 0 fully saturated rings. The van der Waals surface area contributed by atoms with Crippen LogP contribution in [-0.4, -0.2) is 21.5 Å². The highest BCUT2D eigenvalue weighted by molar-refractivity contribution is 5.59. The van der Waals surface area contributed by atoms with Gasteiger partial charge in [-0.1, -0.05) is 13.8 Å². The lowest BCUT2D eigenvalue weighted by Gasteiger charge is -2.16. The molecule has 0 aliphatic rings. The second-order valence-electron chi connectivity index (χ2n) is 4.82. The Morgan fingerprint density at radius 3 is 2.63 bits per heavy atom. The smallest absolute Gasteiger partial charge is 0.163 e. The van der Waals surface area contributed by atoms with E-state index in [9.17, 15) is 0 Å². The van der Waals surface area contributed by atoms with Gasteiger partial charge in [0.15, 0.2) is 5.82 Å². The van der Waals surface area contributed by atoms with Crippen LogP contribution in [0.15, 0.2) is 24.5 Å². The molecule has 0 atom stereocenters. The predicted molar refractivity (Wildman–Crippen MR) is 78.3 cm³/mol. The molecule has 4 nitrogen and oxygen atoms in total. The number of anilines is 1. The minimum atomic E-state index is 0.400. The molecule has 2 heterocycles. The third-order valence-corrected chi connectivity index (χ3v) is 2.98. The fourth-order valence-corrected chi connectivity index (χ4v) is 2.20. The van der Waals surface area contributed by atoms with Crippen molar-refractivity contribution in [2.24, 2.45) is 0 Å². The van der Waals surface area contributed by atoms with Gasteiger partial charge in [0, 0.05) is 35.8 Å². The summed E-state index contributed by atoms with van der Waals surface area (Å²) in [5.74, 6) is 2.06. The van der Waals surface area contributed by atoms with Gasteiger partial charge in [0.25, 0.3) is 0 Å². The quantitative estimate of drug-likeness (QED) is 0.910. The van der Waals surface area contributed by atoms with E-state index in [0.29, 0.717) is 5.92 Å². The van der Waals surface area contributed by atoms with Crippen molar-refractivity contribution in [3.8, 4) is 11.4 Å². The van der Waals surface area contributed by atoms with Gasteiger partial charge in [-0.25, -0.2) is 9.97 Å². The van der Waals surface area contributed by atoms with E-state index in [2.05, 4.69) is 41.0 Å². The van der Waals surface area contributed by atoms with Crippen LogP contribution in [0.3, 0.4) is 0 Å². The molecule has 0 aliphatic carbocycles. The molecule has 0 spiro atoms. The summed E-state index contributed by atoms with van der Waals surface area (Å²) >= 11 is 0. The molecule has 1 N–H and O–H groups in total. The highest BCUT2D eigenvalue weighted by Crippen LogP contribution is 2.27. The third-order valence-electron chi connectivity index (χ3n) is 2.98. The molecule has 0 radical (unpaired) electrons. The average molecular weight is 256 g/mol. The molecule has 100 valence electrons. The third kappa shape index (κ3) is 2.89. The second-order valence-corrected chi connectivity index (χ2v) is 4.82. The topological polar surface area (TPSA) is 50.7 Å². The van der Waals surface area contributed by atoms with Gasteiger partial charge in [0.1, 0.15) is 5.82 Å². The normalized spacial score (nSPS) is 10.8. The first-order valence-electron chi connectivity index (χ1n) is 6.66. The van der Waals surface area contributed by atoms with Crippen molar-refractivity contribution < 1.29 is 0 Å². The lowest BCUT2D eigenvalue weighted by atomic mass is 10.0. The fraction of sp³-hybridized carbons (Fsp3) is 0.400. The van der Waals surface area contributed by atoms with E-state index in [4.69, 9.17) is 0 Å². The highest BCUT2D eigenvalue weighted by Gasteiger charge is 2.15. The van der Waals surface area contributed by atoms with E-state index in [1.807, 2.05) is 19.1 Å². The molecule has 0 saturated carbocycles. The van der Waals surface area contributed by atoms with Crippen molar-refractivity contribution in [3.63, 3.8) is 0 Å². The second kappa shape index (κ2) is 5.78. The first-order chi connectivity index (χ1) is 9.13. The molecule has 0 aromatic carbocycles. The first-order valence-corrected chi connectivity index (χ1v) is 6.66. The van der Waals surface area contributed by atoms with Crippen LogP contribution in [0.25, 0.3) is 11.4 Å². The zero-order valence-electron chi connectivity index (χ0n) is 11.9. The van der Waals surface area contributed by atoms with Gasteiger partial charge in [-0.05, 0) is 31.9 Å². The van der Waals surface area contributed by atoms with E-state index in [1.54, 1.807) is 12.4 Å². The molecule has 2 aromatic rings. The number of hydrogen-bond donors (Lipinski definition) is 1. The van der Waals surface area contributed by atoms with Gasteiger partial charge in [0.2, 0.25) is 0 Å². The maximum atomic E-state index is 4.65. The largest absolute Gasteiger partial charge is 0.370 e. The summed E-state index contributed by atoms with van der Waals surface area (Å²) in [6.45, 7) is 9.29. The zero-order valence-corrected chi connectivity index (χ0v) is 11.9. The van der Waals surface area contributed by atoms with Crippen molar-refractivity contribution >= 4 is 5.82 Å². The monoisotopic (exact) mass is 256 g/mol. The molecule has 2 aromatic heterocycles. The van der Waals surface area contributed by atoms with Crippen molar-refractivity contribution in [3.05, 3.63) is 35.8 Å².